The Kier molecular flexibility index (Phi) is 5.33. The van der Waals surface area contributed by atoms with E-state index in [1.807, 2.05) is 68.5 Å². The van der Waals surface area contributed by atoms with Gasteiger partial charge in [-0.25, -0.2) is 4.79 Å². The summed E-state index contributed by atoms with van der Waals surface area (Å²) in [6, 6.07) is 0. The number of rotatable bonds is 3. The molecule has 9 heteroatoms. The Bertz CT molecular complexity index is 752. The Morgan fingerprint density at radius 2 is 1.79 bits per heavy atom. The van der Waals surface area contributed by atoms with E-state index in [9.17, 15) is 4.79 Å². The fourth-order valence-corrected chi connectivity index (χ4v) is 3.43. The van der Waals surface area contributed by atoms with Crippen molar-refractivity contribution < 1.29 is 23.6 Å². The van der Waals surface area contributed by atoms with E-state index in [-0.39, 0.29) is 12.2 Å². The van der Waals surface area contributed by atoms with Crippen molar-refractivity contribution in [1.82, 2.24) is 14.7 Å². The predicted molar refractivity (Wildman–Crippen MR) is 110 cm³/mol. The molecule has 1 atom stereocenters. The monoisotopic (exact) mass is 407 g/mol. The highest BCUT2D eigenvalue weighted by molar-refractivity contribution is 6.61. The summed E-state index contributed by atoms with van der Waals surface area (Å²) in [5.41, 5.74) is -1.22. The zero-order chi connectivity index (χ0) is 21.8. The normalized spacial score (nSPS) is 25.5. The zero-order valence-electron chi connectivity index (χ0n) is 19.1. The number of hydrogen-bond acceptors (Lipinski definition) is 6. The molecule has 3 heterocycles. The lowest BCUT2D eigenvalue weighted by Gasteiger charge is -2.32. The SMILES string of the molecule is CC(C)(C)OC(=O)N1CC(Cn2cc(B3OC(C)(C)C(C)(C)O3)cn2)OC1(C)C. The van der Waals surface area contributed by atoms with Crippen LogP contribution in [0, 0.1) is 0 Å². The summed E-state index contributed by atoms with van der Waals surface area (Å²) in [5, 5.41) is 4.44. The molecule has 1 aromatic heterocycles. The lowest BCUT2D eigenvalue weighted by Crippen LogP contribution is -2.46. The molecule has 2 aliphatic rings. The second-order valence-corrected chi connectivity index (χ2v) is 10.4. The number of hydrogen-bond donors (Lipinski definition) is 0. The summed E-state index contributed by atoms with van der Waals surface area (Å²) in [4.78, 5) is 14.2. The summed E-state index contributed by atoms with van der Waals surface area (Å²) in [6.07, 6.45) is 3.11. The second kappa shape index (κ2) is 6.99. The molecule has 1 amide bonds. The molecule has 0 N–H and O–H groups in total. The summed E-state index contributed by atoms with van der Waals surface area (Å²) in [6.45, 7) is 18.4. The van der Waals surface area contributed by atoms with Gasteiger partial charge in [0.2, 0.25) is 0 Å². The number of nitrogens with zero attached hydrogens (tertiary/aromatic N) is 3. The van der Waals surface area contributed by atoms with Crippen LogP contribution in [-0.4, -0.2) is 63.1 Å². The molecule has 2 fully saturated rings. The molecule has 0 radical (unpaired) electrons. The molecule has 0 aromatic carbocycles. The molecule has 0 bridgehead atoms. The molecule has 0 aliphatic carbocycles. The first-order chi connectivity index (χ1) is 13.1. The first-order valence-electron chi connectivity index (χ1n) is 10.2. The maximum Gasteiger partial charge on any atom is 0.498 e. The highest BCUT2D eigenvalue weighted by Gasteiger charge is 2.52. The van der Waals surface area contributed by atoms with E-state index in [2.05, 4.69) is 5.10 Å². The maximum absolute atomic E-state index is 12.5. The minimum Gasteiger partial charge on any atom is -0.444 e. The molecule has 162 valence electrons. The Hall–Kier alpha value is -1.58. The summed E-state index contributed by atoms with van der Waals surface area (Å²) in [7, 11) is -0.451. The topological polar surface area (TPSA) is 75.1 Å². The van der Waals surface area contributed by atoms with Gasteiger partial charge in [0.1, 0.15) is 11.3 Å². The summed E-state index contributed by atoms with van der Waals surface area (Å²) in [5.74, 6) is 0. The molecule has 29 heavy (non-hydrogen) atoms. The Balaban J connectivity index is 1.64. The predicted octanol–water partition coefficient (Wildman–Crippen LogP) is 2.55. The van der Waals surface area contributed by atoms with Gasteiger partial charge in [0.05, 0.1) is 30.4 Å². The average molecular weight is 407 g/mol. The Labute approximate surface area is 173 Å². The van der Waals surface area contributed by atoms with Crippen molar-refractivity contribution in [3.8, 4) is 0 Å². The number of amides is 1. The van der Waals surface area contributed by atoms with Gasteiger partial charge in [-0.1, -0.05) is 0 Å². The molecule has 3 rings (SSSR count). The van der Waals surface area contributed by atoms with Gasteiger partial charge < -0.3 is 18.8 Å². The van der Waals surface area contributed by atoms with Crippen LogP contribution in [0.2, 0.25) is 0 Å². The minimum absolute atomic E-state index is 0.191. The van der Waals surface area contributed by atoms with E-state index in [0.717, 1.165) is 5.46 Å². The smallest absolute Gasteiger partial charge is 0.444 e. The van der Waals surface area contributed by atoms with Crippen molar-refractivity contribution in [2.24, 2.45) is 0 Å². The van der Waals surface area contributed by atoms with Crippen LogP contribution in [0.15, 0.2) is 12.4 Å². The van der Waals surface area contributed by atoms with Crippen LogP contribution in [0.25, 0.3) is 0 Å². The number of aromatic nitrogens is 2. The molecular weight excluding hydrogens is 373 g/mol. The lowest BCUT2D eigenvalue weighted by atomic mass is 9.82. The first-order valence-corrected chi connectivity index (χ1v) is 10.2. The van der Waals surface area contributed by atoms with Crippen molar-refractivity contribution in [3.05, 3.63) is 12.4 Å². The van der Waals surface area contributed by atoms with Gasteiger partial charge in [0, 0.05) is 17.9 Å². The van der Waals surface area contributed by atoms with Gasteiger partial charge in [0.15, 0.2) is 0 Å². The highest BCUT2D eigenvalue weighted by atomic mass is 16.7. The van der Waals surface area contributed by atoms with Gasteiger partial charge in [-0.15, -0.1) is 0 Å². The lowest BCUT2D eigenvalue weighted by molar-refractivity contribution is -0.0810. The molecule has 2 saturated heterocycles. The van der Waals surface area contributed by atoms with Gasteiger partial charge in [-0.2, -0.15) is 5.10 Å². The van der Waals surface area contributed by atoms with E-state index in [1.54, 1.807) is 15.8 Å². The first kappa shape index (κ1) is 22.1. The summed E-state index contributed by atoms with van der Waals surface area (Å²) < 4.78 is 25.6. The highest BCUT2D eigenvalue weighted by Crippen LogP contribution is 2.36. The minimum atomic E-state index is -0.741. The van der Waals surface area contributed by atoms with E-state index >= 15 is 0 Å². The van der Waals surface area contributed by atoms with Crippen LogP contribution in [0.3, 0.4) is 0 Å². The largest absolute Gasteiger partial charge is 0.498 e. The average Bonchev–Trinajstić information content (AvgIpc) is 3.13. The fraction of sp³-hybridized carbons (Fsp3) is 0.800. The van der Waals surface area contributed by atoms with E-state index in [0.29, 0.717) is 13.1 Å². The van der Waals surface area contributed by atoms with Gasteiger partial charge in [0.25, 0.3) is 0 Å². The standard InChI is InChI=1S/C20H34BN3O5/c1-17(2,3)27-16(25)24-13-15(26-20(24,8)9)12-23-11-14(10-22-23)21-28-18(4,5)19(6,7)29-21/h10-11,15H,12-13H2,1-9H3. The third-order valence-electron chi connectivity index (χ3n) is 5.67. The molecule has 1 unspecified atom stereocenters. The van der Waals surface area contributed by atoms with Crippen molar-refractivity contribution >= 4 is 18.7 Å². The van der Waals surface area contributed by atoms with Crippen molar-refractivity contribution in [1.29, 1.82) is 0 Å². The molecule has 8 nitrogen and oxygen atoms in total. The van der Waals surface area contributed by atoms with Crippen molar-refractivity contribution in [3.63, 3.8) is 0 Å². The fourth-order valence-electron chi connectivity index (χ4n) is 3.43. The van der Waals surface area contributed by atoms with Gasteiger partial charge >= 0.3 is 13.2 Å². The van der Waals surface area contributed by atoms with Crippen LogP contribution in [0.5, 0.6) is 0 Å². The molecule has 0 saturated carbocycles. The van der Waals surface area contributed by atoms with Crippen LogP contribution < -0.4 is 5.46 Å². The molecular formula is C20H34BN3O5. The zero-order valence-corrected chi connectivity index (χ0v) is 19.1. The number of carbonyl (C=O) groups excluding carboxylic acids is 1. The molecule has 2 aliphatic heterocycles. The van der Waals surface area contributed by atoms with Crippen LogP contribution in [0.4, 0.5) is 4.79 Å². The van der Waals surface area contributed by atoms with Gasteiger partial charge in [-0.05, 0) is 62.3 Å². The van der Waals surface area contributed by atoms with Gasteiger partial charge in [-0.3, -0.25) is 9.58 Å². The quantitative estimate of drug-likeness (QED) is 0.717. The number of ether oxygens (including phenoxy) is 2. The second-order valence-electron chi connectivity index (χ2n) is 10.4. The Morgan fingerprint density at radius 1 is 1.21 bits per heavy atom. The van der Waals surface area contributed by atoms with E-state index in [4.69, 9.17) is 18.8 Å². The van der Waals surface area contributed by atoms with Crippen LogP contribution in [-0.2, 0) is 25.3 Å². The summed E-state index contributed by atoms with van der Waals surface area (Å²) >= 11 is 0. The van der Waals surface area contributed by atoms with Crippen molar-refractivity contribution in [2.75, 3.05) is 6.54 Å². The molecule has 0 spiro atoms. The molecule has 1 aromatic rings. The maximum atomic E-state index is 12.5. The van der Waals surface area contributed by atoms with Crippen LogP contribution >= 0.6 is 0 Å². The van der Waals surface area contributed by atoms with E-state index < -0.39 is 29.6 Å². The number of carbonyl (C=O) groups is 1. The van der Waals surface area contributed by atoms with E-state index in [1.165, 1.54) is 0 Å². The third-order valence-corrected chi connectivity index (χ3v) is 5.67. The third kappa shape index (κ3) is 4.62. The Morgan fingerprint density at radius 3 is 2.34 bits per heavy atom. The van der Waals surface area contributed by atoms with Crippen LogP contribution in [0.1, 0.15) is 62.3 Å². The van der Waals surface area contributed by atoms with Crippen molar-refractivity contribution in [2.45, 2.75) is 97.5 Å².